The number of halogens is 1. The molecule has 5 heteroatoms. The Bertz CT molecular complexity index is 1120. The Morgan fingerprint density at radius 2 is 1.65 bits per heavy atom. The molecule has 2 heterocycles. The van der Waals surface area contributed by atoms with Crippen LogP contribution >= 0.6 is 15.9 Å². The molecule has 0 radical (unpaired) electrons. The standard InChI is InChI=1S/C18H9BrO4/c19-12-5-6-15-11(7-12)9-16(22-15)17(20)13-8-10-3-1-2-4-14(10)23-18(13)21/h1-9H. The number of fused-ring (bicyclic) bond motifs is 2. The summed E-state index contributed by atoms with van der Waals surface area (Å²) in [6.45, 7) is 0. The fourth-order valence-electron chi connectivity index (χ4n) is 2.48. The van der Waals surface area contributed by atoms with E-state index in [1.54, 1.807) is 30.3 Å². The SMILES string of the molecule is O=C(c1cc2cc(Br)ccc2o1)c1cc2ccccc2oc1=O. The minimum atomic E-state index is -0.671. The van der Waals surface area contributed by atoms with Crippen LogP contribution in [0.2, 0.25) is 0 Å². The zero-order valence-corrected chi connectivity index (χ0v) is 13.3. The van der Waals surface area contributed by atoms with E-state index < -0.39 is 11.4 Å². The summed E-state index contributed by atoms with van der Waals surface area (Å²) >= 11 is 3.37. The molecule has 0 bridgehead atoms. The van der Waals surface area contributed by atoms with Crippen LogP contribution in [0.5, 0.6) is 0 Å². The van der Waals surface area contributed by atoms with Crippen molar-refractivity contribution in [2.75, 3.05) is 0 Å². The molecule has 0 N–H and O–H groups in total. The number of para-hydroxylation sites is 1. The maximum Gasteiger partial charge on any atom is 0.347 e. The number of rotatable bonds is 2. The van der Waals surface area contributed by atoms with E-state index in [1.165, 1.54) is 6.07 Å². The largest absolute Gasteiger partial charge is 0.453 e. The van der Waals surface area contributed by atoms with E-state index in [-0.39, 0.29) is 11.3 Å². The lowest BCUT2D eigenvalue weighted by molar-refractivity contribution is 0.101. The third-order valence-electron chi connectivity index (χ3n) is 3.59. The molecule has 0 aliphatic carbocycles. The number of furan rings is 1. The van der Waals surface area contributed by atoms with Crippen molar-refractivity contribution in [3.63, 3.8) is 0 Å². The number of hydrogen-bond acceptors (Lipinski definition) is 4. The minimum Gasteiger partial charge on any atom is -0.453 e. The molecular weight excluding hydrogens is 360 g/mol. The van der Waals surface area contributed by atoms with Crippen molar-refractivity contribution in [3.05, 3.63) is 80.8 Å². The number of benzene rings is 2. The van der Waals surface area contributed by atoms with Gasteiger partial charge < -0.3 is 8.83 Å². The van der Waals surface area contributed by atoms with Gasteiger partial charge in [-0.2, -0.15) is 0 Å². The topological polar surface area (TPSA) is 60.4 Å². The lowest BCUT2D eigenvalue weighted by atomic mass is 10.1. The van der Waals surface area contributed by atoms with E-state index in [2.05, 4.69) is 15.9 Å². The molecule has 0 aliphatic heterocycles. The van der Waals surface area contributed by atoms with E-state index >= 15 is 0 Å². The van der Waals surface area contributed by atoms with Gasteiger partial charge >= 0.3 is 5.63 Å². The quantitative estimate of drug-likeness (QED) is 0.385. The zero-order chi connectivity index (χ0) is 16.0. The second-order valence-corrected chi connectivity index (χ2v) is 6.02. The van der Waals surface area contributed by atoms with Crippen molar-refractivity contribution in [1.29, 1.82) is 0 Å². The summed E-state index contributed by atoms with van der Waals surface area (Å²) < 4.78 is 11.6. The highest BCUT2D eigenvalue weighted by atomic mass is 79.9. The lowest BCUT2D eigenvalue weighted by Gasteiger charge is -1.99. The summed E-state index contributed by atoms with van der Waals surface area (Å²) in [4.78, 5) is 24.7. The first kappa shape index (κ1) is 14.0. The highest BCUT2D eigenvalue weighted by Gasteiger charge is 2.19. The summed E-state index contributed by atoms with van der Waals surface area (Å²) in [7, 11) is 0. The molecule has 4 nitrogen and oxygen atoms in total. The second kappa shape index (κ2) is 5.21. The Morgan fingerprint density at radius 3 is 2.52 bits per heavy atom. The van der Waals surface area contributed by atoms with Gasteiger partial charge in [-0.1, -0.05) is 34.1 Å². The van der Waals surface area contributed by atoms with Crippen LogP contribution in [0.15, 0.2) is 72.7 Å². The lowest BCUT2D eigenvalue weighted by Crippen LogP contribution is -2.14. The third-order valence-corrected chi connectivity index (χ3v) is 4.08. The van der Waals surface area contributed by atoms with Crippen LogP contribution in [-0.2, 0) is 0 Å². The molecule has 2 aromatic carbocycles. The first-order valence-corrected chi connectivity index (χ1v) is 7.68. The Balaban J connectivity index is 1.87. The predicted octanol–water partition coefficient (Wildman–Crippen LogP) is 4.53. The summed E-state index contributed by atoms with van der Waals surface area (Å²) in [6, 6.07) is 15.6. The number of hydrogen-bond donors (Lipinski definition) is 0. The summed E-state index contributed by atoms with van der Waals surface area (Å²) in [5, 5.41) is 1.47. The second-order valence-electron chi connectivity index (χ2n) is 5.11. The molecule has 4 aromatic rings. The molecule has 4 rings (SSSR count). The van der Waals surface area contributed by atoms with Crippen molar-refractivity contribution >= 4 is 43.7 Å². The van der Waals surface area contributed by atoms with Gasteiger partial charge in [-0.3, -0.25) is 4.79 Å². The first-order chi connectivity index (χ1) is 11.1. The van der Waals surface area contributed by atoms with Crippen LogP contribution < -0.4 is 5.63 Å². The van der Waals surface area contributed by atoms with Gasteiger partial charge in [0.2, 0.25) is 5.78 Å². The Labute approximate surface area is 138 Å². The smallest absolute Gasteiger partial charge is 0.347 e. The van der Waals surface area contributed by atoms with Crippen molar-refractivity contribution in [1.82, 2.24) is 0 Å². The van der Waals surface area contributed by atoms with Gasteiger partial charge in [-0.25, -0.2) is 4.79 Å². The monoisotopic (exact) mass is 368 g/mol. The normalized spacial score (nSPS) is 11.2. The van der Waals surface area contributed by atoms with E-state index in [0.717, 1.165) is 9.86 Å². The molecule has 23 heavy (non-hydrogen) atoms. The number of carbonyl (C=O) groups excluding carboxylic acids is 1. The Hall–Kier alpha value is -2.66. The molecular formula is C18H9BrO4. The van der Waals surface area contributed by atoms with E-state index in [0.29, 0.717) is 16.6 Å². The van der Waals surface area contributed by atoms with Crippen molar-refractivity contribution in [2.45, 2.75) is 0 Å². The van der Waals surface area contributed by atoms with Gasteiger partial charge in [0.05, 0.1) is 0 Å². The molecule has 0 aliphatic rings. The highest BCUT2D eigenvalue weighted by molar-refractivity contribution is 9.10. The summed E-state index contributed by atoms with van der Waals surface area (Å²) in [6.07, 6.45) is 0. The minimum absolute atomic E-state index is 0.0400. The Kier molecular flexibility index (Phi) is 3.16. The predicted molar refractivity (Wildman–Crippen MR) is 89.8 cm³/mol. The highest BCUT2D eigenvalue weighted by Crippen LogP contribution is 2.25. The molecule has 0 saturated heterocycles. The molecule has 0 atom stereocenters. The average Bonchev–Trinajstić information content (AvgIpc) is 2.96. The maximum absolute atomic E-state index is 12.6. The molecule has 0 amide bonds. The van der Waals surface area contributed by atoms with Gasteiger partial charge in [-0.05, 0) is 36.4 Å². The van der Waals surface area contributed by atoms with Gasteiger partial charge in [0.15, 0.2) is 5.76 Å². The van der Waals surface area contributed by atoms with Gasteiger partial charge in [0, 0.05) is 15.2 Å². The third kappa shape index (κ3) is 2.39. The molecule has 0 fully saturated rings. The van der Waals surface area contributed by atoms with Crippen LogP contribution in [0, 0.1) is 0 Å². The average molecular weight is 369 g/mol. The van der Waals surface area contributed by atoms with Crippen molar-refractivity contribution < 1.29 is 13.6 Å². The number of carbonyl (C=O) groups is 1. The van der Waals surface area contributed by atoms with Crippen LogP contribution in [0.1, 0.15) is 16.1 Å². The molecule has 112 valence electrons. The van der Waals surface area contributed by atoms with E-state index in [9.17, 15) is 9.59 Å². The summed E-state index contributed by atoms with van der Waals surface area (Å²) in [5.74, 6) is -0.377. The van der Waals surface area contributed by atoms with Gasteiger partial charge in [0.25, 0.3) is 0 Å². The van der Waals surface area contributed by atoms with Crippen molar-refractivity contribution in [2.24, 2.45) is 0 Å². The van der Waals surface area contributed by atoms with Crippen LogP contribution in [-0.4, -0.2) is 5.78 Å². The Morgan fingerprint density at radius 1 is 0.870 bits per heavy atom. The van der Waals surface area contributed by atoms with Crippen LogP contribution in [0.3, 0.4) is 0 Å². The fraction of sp³-hybridized carbons (Fsp3) is 0. The van der Waals surface area contributed by atoms with Crippen LogP contribution in [0.25, 0.3) is 21.9 Å². The maximum atomic E-state index is 12.6. The summed E-state index contributed by atoms with van der Waals surface area (Å²) in [5.41, 5.74) is 0.321. The van der Waals surface area contributed by atoms with E-state index in [4.69, 9.17) is 8.83 Å². The van der Waals surface area contributed by atoms with Crippen LogP contribution in [0.4, 0.5) is 0 Å². The number of ketones is 1. The molecule has 0 saturated carbocycles. The molecule has 2 aromatic heterocycles. The van der Waals surface area contributed by atoms with Crippen molar-refractivity contribution in [3.8, 4) is 0 Å². The van der Waals surface area contributed by atoms with E-state index in [1.807, 2.05) is 18.2 Å². The fourth-order valence-corrected chi connectivity index (χ4v) is 2.86. The molecule has 0 spiro atoms. The first-order valence-electron chi connectivity index (χ1n) is 6.88. The zero-order valence-electron chi connectivity index (χ0n) is 11.7. The molecule has 0 unspecified atom stereocenters. The van der Waals surface area contributed by atoms with Gasteiger partial charge in [-0.15, -0.1) is 0 Å². The van der Waals surface area contributed by atoms with Gasteiger partial charge in [0.1, 0.15) is 16.7 Å².